The molecule has 23 heavy (non-hydrogen) atoms. The summed E-state index contributed by atoms with van der Waals surface area (Å²) in [5.74, 6) is 0.207. The standard InChI is InChI=1S/C19H30N2O2/c1-19(18(23)20-16-9-5-6-10-16)13-11-17(22)21(19)14-12-15-7-3-2-4-8-15/h7,16H,2-6,8-14H2,1H3,(H,20,23)/t19-/m0/s1. The fourth-order valence-corrected chi connectivity index (χ4v) is 4.30. The second-order valence-corrected chi connectivity index (χ2v) is 7.63. The Morgan fingerprint density at radius 2 is 2.04 bits per heavy atom. The molecule has 3 rings (SSSR count). The lowest BCUT2D eigenvalue weighted by molar-refractivity contribution is -0.140. The SMILES string of the molecule is C[C@@]1(C(=O)NC2CCCC2)CCC(=O)N1CCC1=CCCCC1. The molecule has 1 aliphatic heterocycles. The van der Waals surface area contributed by atoms with Gasteiger partial charge in [-0.25, -0.2) is 0 Å². The molecular formula is C19H30N2O2. The van der Waals surface area contributed by atoms with Crippen LogP contribution < -0.4 is 5.32 Å². The van der Waals surface area contributed by atoms with E-state index in [1.165, 1.54) is 37.7 Å². The second kappa shape index (κ2) is 7.06. The molecule has 1 N–H and O–H groups in total. The minimum atomic E-state index is -0.644. The van der Waals surface area contributed by atoms with E-state index in [1.54, 1.807) is 0 Å². The van der Waals surface area contributed by atoms with Crippen molar-refractivity contribution in [3.05, 3.63) is 11.6 Å². The molecule has 3 aliphatic rings. The van der Waals surface area contributed by atoms with Crippen LogP contribution >= 0.6 is 0 Å². The van der Waals surface area contributed by atoms with E-state index in [2.05, 4.69) is 11.4 Å². The fraction of sp³-hybridized carbons (Fsp3) is 0.789. The predicted molar refractivity (Wildman–Crippen MR) is 90.9 cm³/mol. The summed E-state index contributed by atoms with van der Waals surface area (Å²) in [4.78, 5) is 27.0. The molecule has 0 radical (unpaired) electrons. The molecule has 1 heterocycles. The number of hydrogen-bond donors (Lipinski definition) is 1. The van der Waals surface area contributed by atoms with Crippen molar-refractivity contribution in [2.45, 2.75) is 89.1 Å². The van der Waals surface area contributed by atoms with Crippen LogP contribution in [-0.2, 0) is 9.59 Å². The zero-order valence-electron chi connectivity index (χ0n) is 14.4. The average molecular weight is 318 g/mol. The first-order valence-electron chi connectivity index (χ1n) is 9.39. The Bertz CT molecular complexity index is 494. The van der Waals surface area contributed by atoms with E-state index in [0.29, 0.717) is 25.4 Å². The number of amides is 2. The largest absolute Gasteiger partial charge is 0.351 e. The molecule has 128 valence electrons. The van der Waals surface area contributed by atoms with E-state index >= 15 is 0 Å². The molecule has 1 saturated heterocycles. The zero-order valence-corrected chi connectivity index (χ0v) is 14.4. The van der Waals surface area contributed by atoms with Gasteiger partial charge in [-0.3, -0.25) is 9.59 Å². The van der Waals surface area contributed by atoms with E-state index in [9.17, 15) is 9.59 Å². The number of nitrogens with one attached hydrogen (secondary N) is 1. The van der Waals surface area contributed by atoms with Gasteiger partial charge in [0.25, 0.3) is 0 Å². The molecule has 0 aromatic carbocycles. The van der Waals surface area contributed by atoms with Crippen molar-refractivity contribution in [1.29, 1.82) is 0 Å². The van der Waals surface area contributed by atoms with Crippen LogP contribution in [0, 0.1) is 0 Å². The van der Waals surface area contributed by atoms with Gasteiger partial charge in [0.05, 0.1) is 0 Å². The Labute approximate surface area is 139 Å². The lowest BCUT2D eigenvalue weighted by Gasteiger charge is -2.35. The first kappa shape index (κ1) is 16.5. The van der Waals surface area contributed by atoms with E-state index in [1.807, 2.05) is 11.8 Å². The molecule has 2 fully saturated rings. The Morgan fingerprint density at radius 1 is 1.26 bits per heavy atom. The summed E-state index contributed by atoms with van der Waals surface area (Å²) < 4.78 is 0. The van der Waals surface area contributed by atoms with Crippen molar-refractivity contribution in [2.75, 3.05) is 6.54 Å². The molecule has 4 nitrogen and oxygen atoms in total. The number of allylic oxidation sites excluding steroid dienone is 1. The molecular weight excluding hydrogens is 288 g/mol. The summed E-state index contributed by atoms with van der Waals surface area (Å²) in [5.41, 5.74) is 0.823. The number of carbonyl (C=O) groups excluding carboxylic acids is 2. The smallest absolute Gasteiger partial charge is 0.245 e. The van der Waals surface area contributed by atoms with Gasteiger partial charge in [-0.15, -0.1) is 0 Å². The van der Waals surface area contributed by atoms with Gasteiger partial charge < -0.3 is 10.2 Å². The third kappa shape index (κ3) is 3.61. The predicted octanol–water partition coefficient (Wildman–Crippen LogP) is 3.32. The minimum Gasteiger partial charge on any atom is -0.351 e. The maximum atomic E-state index is 12.8. The highest BCUT2D eigenvalue weighted by molar-refractivity contribution is 5.94. The average Bonchev–Trinajstić information content (AvgIpc) is 3.16. The first-order chi connectivity index (χ1) is 11.1. The number of hydrogen-bond acceptors (Lipinski definition) is 2. The van der Waals surface area contributed by atoms with Crippen LogP contribution in [0.3, 0.4) is 0 Å². The van der Waals surface area contributed by atoms with Crippen LogP contribution in [0.4, 0.5) is 0 Å². The molecule has 0 aromatic rings. The van der Waals surface area contributed by atoms with Crippen molar-refractivity contribution in [3.63, 3.8) is 0 Å². The number of likely N-dealkylation sites (tertiary alicyclic amines) is 1. The topological polar surface area (TPSA) is 49.4 Å². The molecule has 0 bridgehead atoms. The summed E-state index contributed by atoms with van der Waals surface area (Å²) in [5, 5.41) is 3.20. The van der Waals surface area contributed by atoms with Crippen molar-refractivity contribution < 1.29 is 9.59 Å². The van der Waals surface area contributed by atoms with Crippen molar-refractivity contribution in [2.24, 2.45) is 0 Å². The van der Waals surface area contributed by atoms with Crippen LogP contribution in [0.25, 0.3) is 0 Å². The molecule has 2 aliphatic carbocycles. The van der Waals surface area contributed by atoms with Gasteiger partial charge in [0.15, 0.2) is 0 Å². The van der Waals surface area contributed by atoms with Gasteiger partial charge in [0.2, 0.25) is 11.8 Å². The van der Waals surface area contributed by atoms with Crippen molar-refractivity contribution in [1.82, 2.24) is 10.2 Å². The number of nitrogens with zero attached hydrogens (tertiary/aromatic N) is 1. The monoisotopic (exact) mass is 318 g/mol. The molecule has 0 spiro atoms. The third-order valence-electron chi connectivity index (χ3n) is 5.94. The van der Waals surface area contributed by atoms with Gasteiger partial charge in [0.1, 0.15) is 5.54 Å². The molecule has 2 amide bonds. The maximum Gasteiger partial charge on any atom is 0.245 e. The van der Waals surface area contributed by atoms with Gasteiger partial charge in [-0.1, -0.05) is 24.5 Å². The van der Waals surface area contributed by atoms with Crippen LogP contribution in [0.1, 0.15) is 77.6 Å². The van der Waals surface area contributed by atoms with Crippen LogP contribution in [0.2, 0.25) is 0 Å². The van der Waals surface area contributed by atoms with Gasteiger partial charge >= 0.3 is 0 Å². The molecule has 0 aromatic heterocycles. The van der Waals surface area contributed by atoms with E-state index in [0.717, 1.165) is 25.7 Å². The number of rotatable bonds is 5. The Hall–Kier alpha value is -1.32. The normalized spacial score (nSPS) is 29.0. The van der Waals surface area contributed by atoms with E-state index < -0.39 is 5.54 Å². The van der Waals surface area contributed by atoms with E-state index in [4.69, 9.17) is 0 Å². The van der Waals surface area contributed by atoms with E-state index in [-0.39, 0.29) is 11.8 Å². The van der Waals surface area contributed by atoms with Crippen LogP contribution in [-0.4, -0.2) is 34.8 Å². The molecule has 1 saturated carbocycles. The van der Waals surface area contributed by atoms with Crippen LogP contribution in [0.5, 0.6) is 0 Å². The fourth-order valence-electron chi connectivity index (χ4n) is 4.30. The Morgan fingerprint density at radius 3 is 2.74 bits per heavy atom. The highest BCUT2D eigenvalue weighted by Gasteiger charge is 2.47. The quantitative estimate of drug-likeness (QED) is 0.791. The van der Waals surface area contributed by atoms with Crippen molar-refractivity contribution >= 4 is 11.8 Å². The summed E-state index contributed by atoms with van der Waals surface area (Å²) in [6.07, 6.45) is 13.9. The minimum absolute atomic E-state index is 0.0628. The van der Waals surface area contributed by atoms with Gasteiger partial charge in [0, 0.05) is 19.0 Å². The molecule has 0 unspecified atom stereocenters. The Balaban J connectivity index is 1.62. The summed E-state index contributed by atoms with van der Waals surface area (Å²) in [6, 6.07) is 0.318. The van der Waals surface area contributed by atoms with Gasteiger partial charge in [-0.05, 0) is 58.3 Å². The maximum absolute atomic E-state index is 12.8. The summed E-state index contributed by atoms with van der Waals surface area (Å²) >= 11 is 0. The lowest BCUT2D eigenvalue weighted by atomic mass is 9.94. The van der Waals surface area contributed by atoms with Crippen molar-refractivity contribution in [3.8, 4) is 0 Å². The molecule has 4 heteroatoms. The first-order valence-corrected chi connectivity index (χ1v) is 9.39. The Kier molecular flexibility index (Phi) is 5.08. The highest BCUT2D eigenvalue weighted by Crippen LogP contribution is 2.32. The lowest BCUT2D eigenvalue weighted by Crippen LogP contribution is -2.56. The summed E-state index contributed by atoms with van der Waals surface area (Å²) in [7, 11) is 0. The summed E-state index contributed by atoms with van der Waals surface area (Å²) in [6.45, 7) is 2.65. The molecule has 1 atom stereocenters. The third-order valence-corrected chi connectivity index (χ3v) is 5.94. The zero-order chi connectivity index (χ0) is 16.3. The van der Waals surface area contributed by atoms with Gasteiger partial charge in [-0.2, -0.15) is 0 Å². The highest BCUT2D eigenvalue weighted by atomic mass is 16.2. The number of carbonyl (C=O) groups is 2. The van der Waals surface area contributed by atoms with Crippen LogP contribution in [0.15, 0.2) is 11.6 Å². The second-order valence-electron chi connectivity index (χ2n) is 7.63.